The quantitative estimate of drug-likeness (QED) is 0.0437. The summed E-state index contributed by atoms with van der Waals surface area (Å²) in [7, 11) is 1.27. The van der Waals surface area contributed by atoms with Gasteiger partial charge in [0.15, 0.2) is 41.5 Å². The van der Waals surface area contributed by atoms with Crippen LogP contribution in [0.25, 0.3) is 12.2 Å². The second-order valence-corrected chi connectivity index (χ2v) is 15.8. The van der Waals surface area contributed by atoms with Crippen molar-refractivity contribution in [3.8, 4) is 40.2 Å². The normalized spacial score (nSPS) is 34.1. The summed E-state index contributed by atoms with van der Waals surface area (Å²) >= 11 is 0. The molecule has 4 heterocycles. The van der Waals surface area contributed by atoms with E-state index in [1.807, 2.05) is 0 Å². The molecule has 24 nitrogen and oxygen atoms in total. The van der Waals surface area contributed by atoms with Crippen LogP contribution in [0.5, 0.6) is 40.2 Å². The highest BCUT2D eigenvalue weighted by atomic mass is 16.8. The van der Waals surface area contributed by atoms with Crippen molar-refractivity contribution < 1.29 is 119 Å². The Morgan fingerprint density at radius 2 is 1.27 bits per heavy atom. The van der Waals surface area contributed by atoms with Crippen LogP contribution in [0, 0.1) is 0 Å². The van der Waals surface area contributed by atoms with E-state index in [0.29, 0.717) is 5.56 Å². The third-order valence-corrected chi connectivity index (χ3v) is 11.3. The van der Waals surface area contributed by atoms with Crippen LogP contribution in [-0.4, -0.2) is 197 Å². The van der Waals surface area contributed by atoms with Crippen LogP contribution >= 0.6 is 0 Å². The molecule has 0 bridgehead atoms. The van der Waals surface area contributed by atoms with Gasteiger partial charge in [-0.25, -0.2) is 4.79 Å². The first-order valence-corrected chi connectivity index (χ1v) is 20.5. The third kappa shape index (κ3) is 10.5. The Kier molecular flexibility index (Phi) is 15.3. The van der Waals surface area contributed by atoms with Gasteiger partial charge in [0.05, 0.1) is 25.9 Å². The van der Waals surface area contributed by atoms with Gasteiger partial charge in [0, 0.05) is 23.8 Å². The number of methoxy groups -OCH3 is 1. The molecule has 0 saturated carbocycles. The Morgan fingerprint density at radius 1 is 0.642 bits per heavy atom. The number of carbonyl (C=O) groups excluding carboxylic acids is 1. The summed E-state index contributed by atoms with van der Waals surface area (Å²) in [6, 6.07) is 9.97. The summed E-state index contributed by atoms with van der Waals surface area (Å²) in [5.74, 6) is -3.30. The number of carbonyl (C=O) groups is 1. The molecule has 0 amide bonds. The molecular weight excluding hydrogens is 900 g/mol. The fourth-order valence-electron chi connectivity index (χ4n) is 7.58. The molecule has 67 heavy (non-hydrogen) atoms. The average molecular weight is 951 g/mol. The fraction of sp³-hybridized carbons (Fsp3) is 0.465. The lowest BCUT2D eigenvalue weighted by Gasteiger charge is -2.46. The molecule has 7 rings (SSSR count). The number of hydrogen-bond donors (Lipinski definition) is 14. The lowest BCUT2D eigenvalue weighted by atomic mass is 9.97. The van der Waals surface area contributed by atoms with Crippen LogP contribution in [0.4, 0.5) is 0 Å². The van der Waals surface area contributed by atoms with Gasteiger partial charge in [-0.2, -0.15) is 0 Å². The Hall–Kier alpha value is -5.55. The maximum Gasteiger partial charge on any atom is 0.330 e. The molecule has 3 saturated heterocycles. The summed E-state index contributed by atoms with van der Waals surface area (Å²) in [4.78, 5) is 12.8. The minimum atomic E-state index is -2.07. The number of fused-ring (bicyclic) bond motifs is 1. The van der Waals surface area contributed by atoms with Crippen LogP contribution in [-0.2, 0) is 33.2 Å². The van der Waals surface area contributed by atoms with Crippen LogP contribution in [0.2, 0.25) is 0 Å². The molecule has 366 valence electrons. The molecular formula is C43H50O24. The number of aliphatic hydroxyl groups excluding tert-OH is 10. The molecule has 4 aliphatic heterocycles. The SMILES string of the molecule is COc1cc(C2Oc3cc(O)cc(O[C@@H]4O[C@H](CO)[C@@H](O)[C@H](O)[C@H]4O)c3C=C2O[C@@H]2O[C@H](COC(=O)/C=C/c3ccc(O)c(O)c3)[C@@H](O)[C@H](O)[C@H]2O[C@@H]2O[C@H](CO)[C@@H](O)[C@H](O)[C@H]2O)ccc1O. The van der Waals surface area contributed by atoms with E-state index in [2.05, 4.69) is 0 Å². The van der Waals surface area contributed by atoms with E-state index in [1.165, 1.54) is 55.7 Å². The highest BCUT2D eigenvalue weighted by molar-refractivity contribution is 5.87. The first-order valence-electron chi connectivity index (χ1n) is 20.5. The number of phenols is 4. The van der Waals surface area contributed by atoms with E-state index in [4.69, 9.17) is 42.6 Å². The monoisotopic (exact) mass is 950 g/mol. The predicted molar refractivity (Wildman–Crippen MR) is 219 cm³/mol. The first kappa shape index (κ1) is 49.4. The number of rotatable bonds is 14. The summed E-state index contributed by atoms with van der Waals surface area (Å²) in [6.45, 7) is -2.42. The largest absolute Gasteiger partial charge is 0.508 e. The number of aliphatic hydroxyl groups is 10. The van der Waals surface area contributed by atoms with E-state index in [0.717, 1.165) is 18.2 Å². The van der Waals surface area contributed by atoms with Gasteiger partial charge in [0.1, 0.15) is 96.8 Å². The Balaban J connectivity index is 1.25. The van der Waals surface area contributed by atoms with Gasteiger partial charge < -0.3 is 114 Å². The molecule has 14 N–H and O–H groups in total. The number of ether oxygens (including phenoxy) is 9. The van der Waals surface area contributed by atoms with Crippen molar-refractivity contribution in [3.05, 3.63) is 77.1 Å². The van der Waals surface area contributed by atoms with Gasteiger partial charge in [-0.05, 0) is 42.0 Å². The van der Waals surface area contributed by atoms with E-state index in [9.17, 15) is 76.3 Å². The molecule has 4 aliphatic rings. The molecule has 24 heteroatoms. The number of benzene rings is 3. The topological polar surface area (TPSA) is 383 Å². The van der Waals surface area contributed by atoms with Crippen LogP contribution in [0.15, 0.2) is 60.4 Å². The second-order valence-electron chi connectivity index (χ2n) is 15.8. The Bertz CT molecular complexity index is 2270. The van der Waals surface area contributed by atoms with Crippen molar-refractivity contribution in [2.24, 2.45) is 0 Å². The Morgan fingerprint density at radius 3 is 1.93 bits per heavy atom. The van der Waals surface area contributed by atoms with Gasteiger partial charge in [-0.15, -0.1) is 0 Å². The van der Waals surface area contributed by atoms with E-state index in [-0.39, 0.29) is 39.9 Å². The molecule has 0 aromatic heterocycles. The fourth-order valence-corrected chi connectivity index (χ4v) is 7.58. The van der Waals surface area contributed by atoms with Gasteiger partial charge in [-0.1, -0.05) is 12.1 Å². The van der Waals surface area contributed by atoms with Crippen LogP contribution < -0.4 is 14.2 Å². The third-order valence-electron chi connectivity index (χ3n) is 11.3. The van der Waals surface area contributed by atoms with Gasteiger partial charge in [0.25, 0.3) is 0 Å². The van der Waals surface area contributed by atoms with E-state index in [1.54, 1.807) is 0 Å². The highest BCUT2D eigenvalue weighted by Crippen LogP contribution is 2.47. The predicted octanol–water partition coefficient (Wildman–Crippen LogP) is -2.92. The highest BCUT2D eigenvalue weighted by Gasteiger charge is 2.53. The number of esters is 1. The van der Waals surface area contributed by atoms with E-state index >= 15 is 0 Å². The maximum atomic E-state index is 12.8. The van der Waals surface area contributed by atoms with Crippen molar-refractivity contribution in [3.63, 3.8) is 0 Å². The standard InChI is InChI=1S/C43H50O24/c1-59-25-9-17(4-6-21(25)48)39-26(12-19-23(61-39)10-18(46)11-24(19)62-41-37(57)34(54)31(51)27(13-44)64-41)63-43-40(67-42-38(58)35(55)32(52)28(14-45)65-42)36(56)33(53)29(66-43)15-60-30(50)7-3-16-2-5-20(47)22(49)8-16/h2-12,27-29,31-49,51-58H,13-15H2,1H3/b7-3+/t27-,28-,29-,31-,32-,33-,34+,35+,36+,37-,38-,39?,40-,41-,42+,43-/m1/s1. The number of phenolic OH excluding ortho intramolecular Hbond substituents is 4. The van der Waals surface area contributed by atoms with E-state index < -0.39 is 141 Å². The average Bonchev–Trinajstić information content (AvgIpc) is 3.31. The second kappa shape index (κ2) is 20.8. The molecule has 0 spiro atoms. The maximum absolute atomic E-state index is 12.8. The summed E-state index contributed by atoms with van der Waals surface area (Å²) in [5.41, 5.74) is 0.447. The van der Waals surface area contributed by atoms with Gasteiger partial charge >= 0.3 is 5.97 Å². The molecule has 16 atom stereocenters. The zero-order valence-electron chi connectivity index (χ0n) is 35.1. The number of aromatic hydroxyl groups is 4. The van der Waals surface area contributed by atoms with Crippen molar-refractivity contribution in [1.82, 2.24) is 0 Å². The van der Waals surface area contributed by atoms with Gasteiger partial charge in [0.2, 0.25) is 12.6 Å². The van der Waals surface area contributed by atoms with Crippen molar-refractivity contribution >= 4 is 18.1 Å². The Labute approximate surface area is 379 Å². The van der Waals surface area contributed by atoms with Crippen LogP contribution in [0.3, 0.4) is 0 Å². The first-order chi connectivity index (χ1) is 31.9. The lowest BCUT2D eigenvalue weighted by molar-refractivity contribution is -0.364. The summed E-state index contributed by atoms with van der Waals surface area (Å²) in [6.07, 6.45) is -25.3. The molecule has 3 fully saturated rings. The molecule has 3 aromatic rings. The summed E-state index contributed by atoms with van der Waals surface area (Å²) in [5, 5.41) is 147. The minimum Gasteiger partial charge on any atom is -0.508 e. The number of hydrogen-bond acceptors (Lipinski definition) is 24. The van der Waals surface area contributed by atoms with Crippen molar-refractivity contribution in [2.75, 3.05) is 26.9 Å². The zero-order chi connectivity index (χ0) is 48.4. The molecule has 0 aliphatic carbocycles. The summed E-state index contributed by atoms with van der Waals surface area (Å²) < 4.78 is 52.3. The molecule has 1 unspecified atom stereocenters. The van der Waals surface area contributed by atoms with Crippen molar-refractivity contribution in [2.45, 2.75) is 98.2 Å². The minimum absolute atomic E-state index is 0.0387. The molecule has 0 radical (unpaired) electrons. The van der Waals surface area contributed by atoms with Crippen molar-refractivity contribution in [1.29, 1.82) is 0 Å². The smallest absolute Gasteiger partial charge is 0.330 e. The molecule has 3 aromatic carbocycles. The van der Waals surface area contributed by atoms with Gasteiger partial charge in [-0.3, -0.25) is 0 Å². The lowest BCUT2D eigenvalue weighted by Crippen LogP contribution is -2.64. The van der Waals surface area contributed by atoms with Crippen LogP contribution in [0.1, 0.15) is 22.8 Å². The zero-order valence-corrected chi connectivity index (χ0v) is 35.1.